The zero-order valence-electron chi connectivity index (χ0n) is 13.0. The Kier molecular flexibility index (Phi) is 4.43. The number of alkyl halides is 1. The summed E-state index contributed by atoms with van der Waals surface area (Å²) in [5, 5.41) is -0.517. The third kappa shape index (κ3) is 2.84. The van der Waals surface area contributed by atoms with E-state index in [1.165, 1.54) is 0 Å². The van der Waals surface area contributed by atoms with Crippen molar-refractivity contribution in [1.82, 2.24) is 4.57 Å². The number of halogens is 1. The van der Waals surface area contributed by atoms with Crippen LogP contribution in [-0.2, 0) is 0 Å². The van der Waals surface area contributed by atoms with E-state index in [9.17, 15) is 4.79 Å². The Balaban J connectivity index is 2.55. The fourth-order valence-electron chi connectivity index (χ4n) is 2.63. The maximum atomic E-state index is 12.2. The minimum atomic E-state index is -0.517. The maximum absolute atomic E-state index is 12.2. The Morgan fingerprint density at radius 3 is 2.43 bits per heavy atom. The Bertz CT molecular complexity index is 686. The molecule has 0 bridgehead atoms. The zero-order chi connectivity index (χ0) is 15.7. The molecule has 1 aromatic heterocycles. The number of hydrogen-bond acceptors (Lipinski definition) is 2. The highest BCUT2D eigenvalue weighted by molar-refractivity contribution is 6.33. The summed E-state index contributed by atoms with van der Waals surface area (Å²) in [4.78, 5) is 12.2. The number of aromatic nitrogens is 1. The van der Waals surface area contributed by atoms with Gasteiger partial charge in [0, 0.05) is 22.6 Å². The maximum Gasteiger partial charge on any atom is 0.182 e. The van der Waals surface area contributed by atoms with Crippen LogP contribution < -0.4 is 4.74 Å². The van der Waals surface area contributed by atoms with Crippen LogP contribution in [0.3, 0.4) is 0 Å². The standard InChI is InChI=1S/C17H20ClNO2/c1-10-8-14(6-7-16(10)21-5)19-11(2)9-15(13(19)4)17(20)12(3)18/h6-9,12H,1-5H3. The summed E-state index contributed by atoms with van der Waals surface area (Å²) in [6.07, 6.45) is 0. The number of aryl methyl sites for hydroxylation is 2. The third-order valence-electron chi connectivity index (χ3n) is 3.69. The fraction of sp³-hybridized carbons (Fsp3) is 0.353. The predicted octanol–water partition coefficient (Wildman–Crippen LogP) is 4.22. The average Bonchev–Trinajstić information content (AvgIpc) is 2.73. The molecule has 3 nitrogen and oxygen atoms in total. The second-order valence-electron chi connectivity index (χ2n) is 5.25. The molecule has 1 unspecified atom stereocenters. The second-order valence-corrected chi connectivity index (χ2v) is 5.91. The Hall–Kier alpha value is -1.74. The molecule has 4 heteroatoms. The van der Waals surface area contributed by atoms with Crippen molar-refractivity contribution < 1.29 is 9.53 Å². The summed E-state index contributed by atoms with van der Waals surface area (Å²) in [6, 6.07) is 7.88. The molecular weight excluding hydrogens is 286 g/mol. The predicted molar refractivity (Wildman–Crippen MR) is 86.2 cm³/mol. The number of rotatable bonds is 4. The largest absolute Gasteiger partial charge is 0.496 e. The molecule has 0 aliphatic rings. The van der Waals surface area contributed by atoms with Crippen LogP contribution >= 0.6 is 11.6 Å². The van der Waals surface area contributed by atoms with E-state index in [1.807, 2.05) is 39.0 Å². The summed E-state index contributed by atoms with van der Waals surface area (Å²) in [7, 11) is 1.66. The quantitative estimate of drug-likeness (QED) is 0.625. The van der Waals surface area contributed by atoms with Gasteiger partial charge in [-0.3, -0.25) is 4.79 Å². The van der Waals surface area contributed by atoms with Gasteiger partial charge < -0.3 is 9.30 Å². The summed E-state index contributed by atoms with van der Waals surface area (Å²) < 4.78 is 7.36. The van der Waals surface area contributed by atoms with E-state index < -0.39 is 5.38 Å². The first-order chi connectivity index (χ1) is 9.86. The fourth-order valence-corrected chi connectivity index (χ4v) is 2.74. The average molecular weight is 306 g/mol. The van der Waals surface area contributed by atoms with Crippen LogP contribution in [0.4, 0.5) is 0 Å². The highest BCUT2D eigenvalue weighted by atomic mass is 35.5. The smallest absolute Gasteiger partial charge is 0.182 e. The number of carbonyl (C=O) groups excluding carboxylic acids is 1. The molecule has 0 radical (unpaired) electrons. The lowest BCUT2D eigenvalue weighted by atomic mass is 10.1. The van der Waals surface area contributed by atoms with Crippen LogP contribution in [0.5, 0.6) is 5.75 Å². The van der Waals surface area contributed by atoms with E-state index in [4.69, 9.17) is 16.3 Å². The third-order valence-corrected chi connectivity index (χ3v) is 3.89. The van der Waals surface area contributed by atoms with E-state index >= 15 is 0 Å². The molecule has 21 heavy (non-hydrogen) atoms. The Labute approximate surface area is 130 Å². The highest BCUT2D eigenvalue weighted by Crippen LogP contribution is 2.26. The van der Waals surface area contributed by atoms with Gasteiger partial charge in [-0.1, -0.05) is 0 Å². The first-order valence-corrected chi connectivity index (χ1v) is 7.32. The van der Waals surface area contributed by atoms with E-state index in [2.05, 4.69) is 10.6 Å². The van der Waals surface area contributed by atoms with Crippen molar-refractivity contribution >= 4 is 17.4 Å². The topological polar surface area (TPSA) is 31.2 Å². The van der Waals surface area contributed by atoms with Crippen molar-refractivity contribution in [2.24, 2.45) is 0 Å². The van der Waals surface area contributed by atoms with Gasteiger partial charge >= 0.3 is 0 Å². The summed E-state index contributed by atoms with van der Waals surface area (Å²) in [6.45, 7) is 7.64. The van der Waals surface area contributed by atoms with Crippen LogP contribution in [0.2, 0.25) is 0 Å². The second kappa shape index (κ2) is 5.94. The van der Waals surface area contributed by atoms with Crippen molar-refractivity contribution in [3.05, 3.63) is 46.8 Å². The minimum Gasteiger partial charge on any atom is -0.496 e. The zero-order valence-corrected chi connectivity index (χ0v) is 13.8. The normalized spacial score (nSPS) is 12.3. The number of ketones is 1. The van der Waals surface area contributed by atoms with Crippen LogP contribution in [0.25, 0.3) is 5.69 Å². The Morgan fingerprint density at radius 1 is 1.24 bits per heavy atom. The summed E-state index contributed by atoms with van der Waals surface area (Å²) in [5.41, 5.74) is 4.68. The first-order valence-electron chi connectivity index (χ1n) is 6.89. The Morgan fingerprint density at radius 2 is 1.90 bits per heavy atom. The molecule has 1 heterocycles. The van der Waals surface area contributed by atoms with Crippen molar-refractivity contribution in [3.8, 4) is 11.4 Å². The monoisotopic (exact) mass is 305 g/mol. The van der Waals surface area contributed by atoms with Gasteiger partial charge in [0.25, 0.3) is 0 Å². The van der Waals surface area contributed by atoms with Crippen LogP contribution in [-0.4, -0.2) is 22.8 Å². The van der Waals surface area contributed by atoms with Gasteiger partial charge in [-0.05, 0) is 57.5 Å². The summed E-state index contributed by atoms with van der Waals surface area (Å²) in [5.74, 6) is 0.813. The first kappa shape index (κ1) is 15.6. The SMILES string of the molecule is COc1ccc(-n2c(C)cc(C(=O)C(C)Cl)c2C)cc1C. The van der Waals surface area contributed by atoms with Crippen LogP contribution in [0, 0.1) is 20.8 Å². The van der Waals surface area contributed by atoms with Gasteiger partial charge in [-0.15, -0.1) is 11.6 Å². The number of benzene rings is 1. The van der Waals surface area contributed by atoms with Crippen molar-refractivity contribution in [2.75, 3.05) is 7.11 Å². The number of ether oxygens (including phenoxy) is 1. The van der Waals surface area contributed by atoms with E-state index in [1.54, 1.807) is 14.0 Å². The van der Waals surface area contributed by atoms with Gasteiger partial charge in [0.2, 0.25) is 0 Å². The van der Waals surface area contributed by atoms with E-state index in [0.717, 1.165) is 28.4 Å². The van der Waals surface area contributed by atoms with Gasteiger partial charge in [-0.2, -0.15) is 0 Å². The lowest BCUT2D eigenvalue weighted by Crippen LogP contribution is -2.11. The lowest BCUT2D eigenvalue weighted by molar-refractivity contribution is 0.0991. The molecule has 2 aromatic rings. The molecule has 0 aliphatic carbocycles. The number of Topliss-reactive ketones (excluding diaryl/α,β-unsaturated/α-hetero) is 1. The van der Waals surface area contributed by atoms with E-state index in [-0.39, 0.29) is 5.78 Å². The van der Waals surface area contributed by atoms with E-state index in [0.29, 0.717) is 5.56 Å². The number of methoxy groups -OCH3 is 1. The molecule has 2 rings (SSSR count). The molecule has 1 aromatic carbocycles. The van der Waals surface area contributed by atoms with Gasteiger partial charge in [0.15, 0.2) is 5.78 Å². The highest BCUT2D eigenvalue weighted by Gasteiger charge is 2.20. The minimum absolute atomic E-state index is 0.0405. The van der Waals surface area contributed by atoms with Crippen molar-refractivity contribution in [2.45, 2.75) is 33.1 Å². The van der Waals surface area contributed by atoms with Crippen molar-refractivity contribution in [1.29, 1.82) is 0 Å². The molecule has 0 aliphatic heterocycles. The molecule has 0 saturated heterocycles. The van der Waals surface area contributed by atoms with Gasteiger partial charge in [0.05, 0.1) is 12.5 Å². The number of nitrogens with zero attached hydrogens (tertiary/aromatic N) is 1. The molecule has 0 saturated carbocycles. The molecule has 112 valence electrons. The molecule has 0 fully saturated rings. The molecule has 0 N–H and O–H groups in total. The van der Waals surface area contributed by atoms with Gasteiger partial charge in [-0.25, -0.2) is 0 Å². The summed E-state index contributed by atoms with van der Waals surface area (Å²) >= 11 is 5.93. The molecule has 1 atom stereocenters. The molecule has 0 amide bonds. The van der Waals surface area contributed by atoms with Crippen molar-refractivity contribution in [3.63, 3.8) is 0 Å². The molecule has 0 spiro atoms. The molecular formula is C17H20ClNO2. The lowest BCUT2D eigenvalue weighted by Gasteiger charge is -2.13. The van der Waals surface area contributed by atoms with Gasteiger partial charge in [0.1, 0.15) is 5.75 Å². The van der Waals surface area contributed by atoms with Crippen LogP contribution in [0.15, 0.2) is 24.3 Å². The number of carbonyl (C=O) groups is 1. The van der Waals surface area contributed by atoms with Crippen LogP contribution in [0.1, 0.15) is 34.2 Å². The number of hydrogen-bond donors (Lipinski definition) is 0.